The molecule has 0 unspecified atom stereocenters. The first-order valence-electron chi connectivity index (χ1n) is 28.3. The average molecular weight is 1150 g/mol. The quantitative estimate of drug-likeness (QED) is 0.0332. The molecule has 1 fully saturated rings. The number of hydrogen-bond donors (Lipinski definition) is 13. The number of H-pyrrole nitrogens is 2. The van der Waals surface area contributed by atoms with Gasteiger partial charge in [-0.05, 0) is 83.7 Å². The van der Waals surface area contributed by atoms with Crippen LogP contribution in [0.5, 0.6) is 0 Å². The third-order valence-electron chi connectivity index (χ3n) is 14.5. The van der Waals surface area contributed by atoms with Crippen molar-refractivity contribution in [3.05, 3.63) is 127 Å². The molecule has 0 radical (unpaired) electrons. The number of carbonyl (C=O) groups is 9. The summed E-state index contributed by atoms with van der Waals surface area (Å²) in [6, 6.07) is 19.2. The molecule has 0 spiro atoms. The van der Waals surface area contributed by atoms with E-state index in [1.807, 2.05) is 79.7 Å². The molecule has 24 heteroatoms. The highest BCUT2D eigenvalue weighted by molar-refractivity contribution is 5.99. The maximum Gasteiger partial charge on any atom is 0.243 e. The smallest absolute Gasteiger partial charge is 0.243 e. The highest BCUT2D eigenvalue weighted by atomic mass is 16.2. The summed E-state index contributed by atoms with van der Waals surface area (Å²) in [6.07, 6.45) is 5.57. The Kier molecular flexibility index (Phi) is 22.5. The Bertz CT molecular complexity index is 3300. The first-order chi connectivity index (χ1) is 40.4. The number of amides is 9. The second-order valence-electron chi connectivity index (χ2n) is 21.0. The van der Waals surface area contributed by atoms with Gasteiger partial charge in [-0.25, -0.2) is 4.98 Å². The number of aromatic nitrogens is 3. The van der Waals surface area contributed by atoms with Crippen LogP contribution in [-0.4, -0.2) is 129 Å². The maximum atomic E-state index is 15.1. The van der Waals surface area contributed by atoms with Gasteiger partial charge in [0.1, 0.15) is 42.3 Å². The molecule has 3 heterocycles. The van der Waals surface area contributed by atoms with Crippen LogP contribution in [0.4, 0.5) is 0 Å². The number of unbranched alkanes of at least 4 members (excludes halogenated alkanes) is 1. The summed E-state index contributed by atoms with van der Waals surface area (Å²) in [7, 11) is 0. The van der Waals surface area contributed by atoms with E-state index in [1.165, 1.54) is 19.4 Å². The predicted molar refractivity (Wildman–Crippen MR) is 317 cm³/mol. The highest BCUT2D eigenvalue weighted by Gasteiger charge is 2.35. The van der Waals surface area contributed by atoms with Crippen LogP contribution in [0.25, 0.3) is 32.8 Å². The third kappa shape index (κ3) is 18.2. The van der Waals surface area contributed by atoms with Crippen molar-refractivity contribution in [2.45, 2.75) is 133 Å². The van der Waals surface area contributed by atoms with Crippen molar-refractivity contribution in [1.29, 1.82) is 0 Å². The fourth-order valence-corrected chi connectivity index (χ4v) is 9.98. The van der Waals surface area contributed by atoms with Crippen molar-refractivity contribution in [2.75, 3.05) is 13.1 Å². The molecule has 1 saturated heterocycles. The number of carbonyl (C=O) groups excluding carboxylic acids is 9. The zero-order chi connectivity index (χ0) is 60.1. The number of rotatable bonds is 18. The fraction of sp³-hybridized carbons (Fsp3) is 0.383. The zero-order valence-corrected chi connectivity index (χ0v) is 47.1. The lowest BCUT2D eigenvalue weighted by atomic mass is 9.98. The Balaban J connectivity index is 1.27. The Labute approximate surface area is 485 Å². The summed E-state index contributed by atoms with van der Waals surface area (Å²) in [5, 5.41) is 24.7. The lowest BCUT2D eigenvalue weighted by Gasteiger charge is -2.28. The fourth-order valence-electron chi connectivity index (χ4n) is 9.98. The molecule has 84 heavy (non-hydrogen) atoms. The van der Waals surface area contributed by atoms with E-state index in [9.17, 15) is 38.4 Å². The Morgan fingerprint density at radius 1 is 0.702 bits per heavy atom. The molecule has 0 aliphatic carbocycles. The summed E-state index contributed by atoms with van der Waals surface area (Å²) in [5.74, 6) is -7.17. The monoisotopic (exact) mass is 1150 g/mol. The molecule has 1 aliphatic heterocycles. The molecule has 0 saturated carbocycles. The number of nitrogens with one attached hydrogen (secondary N) is 10. The van der Waals surface area contributed by atoms with E-state index in [2.05, 4.69) is 68.5 Å². The van der Waals surface area contributed by atoms with Crippen molar-refractivity contribution < 1.29 is 43.2 Å². The standard InChI is InChI=1S/C60H75N15O9/c1-3-4-15-46(69-35(2)76)54(79)75-51-31-52(77)65-25-10-9-17-45(53(61)78)70-57(82)49(29-41-32-67-44-16-8-7-14-43(41)44)73-55(80)47(18-11-26-66-60(62)63)71-56(81)48(72-58(83)50(74-59(51)84)30-42-33-64-34-68-42)27-36-19-21-38(22-20-36)40-24-23-37-12-5-6-13-39(37)28-40/h5-8,12-14,16,19-24,28,32-34,45-51,67H,3-4,9-11,15,17-18,25-27,29-31H2,1-2H3,(H2,61,78)(H,64,68)(H,65,77)(H,69,76)(H,70,82)(H,71,81)(H,72,83)(H,73,80)(H,74,84)(H,75,79)(H4,62,63,66)/t45-,46-,47-,48+,49-,50-,51-/m0/s1. The molecule has 0 bridgehead atoms. The molecule has 2 aromatic heterocycles. The van der Waals surface area contributed by atoms with Crippen molar-refractivity contribution in [3.63, 3.8) is 0 Å². The largest absolute Gasteiger partial charge is 0.370 e. The molecule has 4 aromatic carbocycles. The van der Waals surface area contributed by atoms with Crippen LogP contribution in [0.2, 0.25) is 0 Å². The van der Waals surface area contributed by atoms with Crippen molar-refractivity contribution in [1.82, 2.24) is 57.5 Å². The van der Waals surface area contributed by atoms with Crippen molar-refractivity contribution in [3.8, 4) is 11.1 Å². The van der Waals surface area contributed by atoms with Gasteiger partial charge >= 0.3 is 0 Å². The summed E-state index contributed by atoms with van der Waals surface area (Å²) in [5.41, 5.74) is 21.3. The molecule has 24 nitrogen and oxygen atoms in total. The van der Waals surface area contributed by atoms with E-state index in [1.54, 1.807) is 18.3 Å². The second kappa shape index (κ2) is 30.4. The van der Waals surface area contributed by atoms with E-state index in [-0.39, 0.29) is 76.8 Å². The molecule has 6 aromatic rings. The third-order valence-corrected chi connectivity index (χ3v) is 14.5. The van der Waals surface area contributed by atoms with E-state index in [0.29, 0.717) is 29.7 Å². The molecule has 1 aliphatic rings. The molecule has 9 amide bonds. The number of primary amides is 1. The lowest BCUT2D eigenvalue weighted by molar-refractivity contribution is -0.136. The van der Waals surface area contributed by atoms with Crippen LogP contribution < -0.4 is 59.7 Å². The number of nitrogens with two attached hydrogens (primary N) is 3. The van der Waals surface area contributed by atoms with Gasteiger partial charge in [0.25, 0.3) is 0 Å². The predicted octanol–water partition coefficient (Wildman–Crippen LogP) is 1.57. The molecule has 7 rings (SSSR count). The lowest BCUT2D eigenvalue weighted by Crippen LogP contribution is -2.61. The zero-order valence-electron chi connectivity index (χ0n) is 47.1. The van der Waals surface area contributed by atoms with E-state index >= 15 is 4.79 Å². The topological polar surface area (TPSA) is 385 Å². The molecular formula is C60H75N15O9. The van der Waals surface area contributed by atoms with Crippen molar-refractivity contribution >= 4 is 80.8 Å². The summed E-state index contributed by atoms with van der Waals surface area (Å²) < 4.78 is 0. The van der Waals surface area contributed by atoms with Crippen LogP contribution >= 0.6 is 0 Å². The van der Waals surface area contributed by atoms with Crippen LogP contribution in [0, 0.1) is 0 Å². The van der Waals surface area contributed by atoms with Crippen molar-refractivity contribution in [2.24, 2.45) is 22.2 Å². The molecule has 16 N–H and O–H groups in total. The van der Waals surface area contributed by atoms with Crippen LogP contribution in [0.15, 0.2) is 115 Å². The van der Waals surface area contributed by atoms with Gasteiger partial charge in [-0.3, -0.25) is 48.1 Å². The second-order valence-corrected chi connectivity index (χ2v) is 21.0. The number of aromatic amines is 2. The Morgan fingerprint density at radius 3 is 2.06 bits per heavy atom. The normalized spacial score (nSPS) is 20.2. The van der Waals surface area contributed by atoms with Gasteiger partial charge in [-0.15, -0.1) is 0 Å². The van der Waals surface area contributed by atoms with Gasteiger partial charge in [0, 0.05) is 68.3 Å². The number of guanidine groups is 1. The van der Waals surface area contributed by atoms with Gasteiger partial charge in [-0.2, -0.15) is 0 Å². The summed E-state index contributed by atoms with van der Waals surface area (Å²) >= 11 is 0. The van der Waals surface area contributed by atoms with Crippen LogP contribution in [0.1, 0.15) is 88.5 Å². The van der Waals surface area contributed by atoms with Gasteiger partial charge in [-0.1, -0.05) is 98.6 Å². The van der Waals surface area contributed by atoms with Gasteiger partial charge in [0.2, 0.25) is 53.2 Å². The van der Waals surface area contributed by atoms with Crippen LogP contribution in [-0.2, 0) is 62.4 Å². The van der Waals surface area contributed by atoms with Crippen LogP contribution in [0.3, 0.4) is 0 Å². The number of nitrogens with zero attached hydrogens (tertiary/aromatic N) is 2. The minimum absolute atomic E-state index is 0.0316. The number of hydrogen-bond acceptors (Lipinski definition) is 11. The molecule has 7 atom stereocenters. The highest BCUT2D eigenvalue weighted by Crippen LogP contribution is 2.26. The average Bonchev–Trinajstić information content (AvgIpc) is 3.87. The Morgan fingerprint density at radius 2 is 1.36 bits per heavy atom. The number of imidazole rings is 1. The number of para-hydroxylation sites is 1. The molecular weight excluding hydrogens is 1070 g/mol. The summed E-state index contributed by atoms with van der Waals surface area (Å²) in [6.45, 7) is 3.24. The minimum atomic E-state index is -1.60. The van der Waals surface area contributed by atoms with E-state index in [4.69, 9.17) is 17.2 Å². The van der Waals surface area contributed by atoms with E-state index in [0.717, 1.165) is 32.8 Å². The molecule has 444 valence electrons. The van der Waals surface area contributed by atoms with E-state index < -0.39 is 102 Å². The number of fused-ring (bicyclic) bond motifs is 2. The SMILES string of the molecule is CCCC[C@H](NC(C)=O)C(=O)N[C@H]1CC(=O)NCCCC[C@@H](C(N)=O)NC(=O)[C@H](Cc2c[nH]c3ccccc23)NC(=O)[C@H](CCCN=C(N)N)NC(=O)[C@@H](Cc2ccc(-c3ccc4ccccc4c3)cc2)NC(=O)[C@H](Cc2cnc[nH]2)NC1=O. The number of benzene rings is 4. The minimum Gasteiger partial charge on any atom is -0.370 e. The first kappa shape index (κ1) is 62.0. The first-order valence-corrected chi connectivity index (χ1v) is 28.3. The van der Waals surface area contributed by atoms with Gasteiger partial charge in [0.15, 0.2) is 5.96 Å². The van der Waals surface area contributed by atoms with Gasteiger partial charge < -0.3 is 69.7 Å². The maximum absolute atomic E-state index is 15.1. The van der Waals surface area contributed by atoms with Gasteiger partial charge in [0.05, 0.1) is 12.7 Å². The Hall–Kier alpha value is -9.61. The number of aliphatic imine (C=N–C) groups is 1. The summed E-state index contributed by atoms with van der Waals surface area (Å²) in [4.78, 5) is 141.